The molecule has 0 aromatic carbocycles. The number of halogens is 2. The maximum Gasteiger partial charge on any atom is 0.192 e. The molecule has 0 radical (unpaired) electrons. The third-order valence-corrected chi connectivity index (χ3v) is 9.75. The average Bonchev–Trinajstić information content (AvgIpc) is 2.44. The van der Waals surface area contributed by atoms with Gasteiger partial charge in [0, 0.05) is 4.43 Å². The Morgan fingerprint density at radius 3 is 2.25 bits per heavy atom. The second-order valence-electron chi connectivity index (χ2n) is 6.42. The van der Waals surface area contributed by atoms with Crippen molar-refractivity contribution in [1.82, 2.24) is 0 Å². The number of hydrogen-bond acceptors (Lipinski definition) is 1. The van der Waals surface area contributed by atoms with E-state index < -0.39 is 14.5 Å². The highest BCUT2D eigenvalue weighted by Gasteiger charge is 2.43. The summed E-state index contributed by atoms with van der Waals surface area (Å²) >= 11 is 2.35. The zero-order chi connectivity index (χ0) is 12.6. The molecule has 3 atom stereocenters. The number of hydrogen-bond donors (Lipinski definition) is 0. The van der Waals surface area contributed by atoms with Gasteiger partial charge >= 0.3 is 0 Å². The van der Waals surface area contributed by atoms with E-state index in [1.165, 1.54) is 0 Å². The predicted molar refractivity (Wildman–Crippen MR) is 78.6 cm³/mol. The van der Waals surface area contributed by atoms with E-state index in [-0.39, 0.29) is 11.1 Å². The molecule has 1 fully saturated rings. The largest absolute Gasteiger partial charge is 0.411 e. The van der Waals surface area contributed by atoms with Crippen molar-refractivity contribution in [2.24, 2.45) is 5.92 Å². The van der Waals surface area contributed by atoms with Crippen molar-refractivity contribution in [3.05, 3.63) is 0 Å². The molecule has 0 bridgehead atoms. The van der Waals surface area contributed by atoms with Gasteiger partial charge in [-0.1, -0.05) is 43.4 Å². The SMILES string of the molecule is CC(C)(C)[Si](C)(C)OC1C[C@@H](CI)C[C@@H]1F. The fourth-order valence-electron chi connectivity index (χ4n) is 1.85. The van der Waals surface area contributed by atoms with Crippen LogP contribution in [0.2, 0.25) is 18.1 Å². The van der Waals surface area contributed by atoms with Gasteiger partial charge in [-0.25, -0.2) is 4.39 Å². The molecule has 1 unspecified atom stereocenters. The van der Waals surface area contributed by atoms with Crippen LogP contribution in [0.3, 0.4) is 0 Å². The van der Waals surface area contributed by atoms with Crippen LogP contribution in [0, 0.1) is 5.92 Å². The standard InChI is InChI=1S/C12H24FIOSi/c1-12(2,3)16(4,5)15-11-7-9(8-14)6-10(11)13/h9-11H,6-8H2,1-5H3/t9-,10-,11?/m0/s1. The van der Waals surface area contributed by atoms with Crippen LogP contribution in [0.4, 0.5) is 4.39 Å². The van der Waals surface area contributed by atoms with Gasteiger partial charge in [0.05, 0.1) is 6.10 Å². The lowest BCUT2D eigenvalue weighted by Gasteiger charge is -2.38. The van der Waals surface area contributed by atoms with Crippen LogP contribution in [0.15, 0.2) is 0 Å². The topological polar surface area (TPSA) is 9.23 Å². The van der Waals surface area contributed by atoms with Gasteiger partial charge in [-0.3, -0.25) is 0 Å². The molecule has 0 aliphatic heterocycles. The third kappa shape index (κ3) is 3.42. The van der Waals surface area contributed by atoms with Crippen molar-refractivity contribution >= 4 is 30.9 Å². The van der Waals surface area contributed by atoms with Crippen molar-refractivity contribution < 1.29 is 8.82 Å². The molecule has 96 valence electrons. The molecule has 0 amide bonds. The number of rotatable bonds is 3. The minimum absolute atomic E-state index is 0.138. The van der Waals surface area contributed by atoms with Crippen molar-refractivity contribution in [3.8, 4) is 0 Å². The van der Waals surface area contributed by atoms with Crippen LogP contribution < -0.4 is 0 Å². The van der Waals surface area contributed by atoms with E-state index in [0.717, 1.165) is 10.8 Å². The van der Waals surface area contributed by atoms with E-state index in [1.807, 2.05) is 0 Å². The van der Waals surface area contributed by atoms with Crippen LogP contribution in [0.25, 0.3) is 0 Å². The van der Waals surface area contributed by atoms with Gasteiger partial charge in [-0.15, -0.1) is 0 Å². The monoisotopic (exact) mass is 358 g/mol. The van der Waals surface area contributed by atoms with Crippen molar-refractivity contribution in [2.75, 3.05) is 4.43 Å². The Kier molecular flexibility index (Phi) is 4.86. The van der Waals surface area contributed by atoms with E-state index >= 15 is 0 Å². The van der Waals surface area contributed by atoms with Crippen molar-refractivity contribution in [3.63, 3.8) is 0 Å². The first-order chi connectivity index (χ1) is 7.17. The van der Waals surface area contributed by atoms with Gasteiger partial charge in [-0.2, -0.15) is 0 Å². The summed E-state index contributed by atoms with van der Waals surface area (Å²) in [5.74, 6) is 0.519. The lowest BCUT2D eigenvalue weighted by atomic mass is 10.1. The Morgan fingerprint density at radius 2 is 1.88 bits per heavy atom. The highest BCUT2D eigenvalue weighted by Crippen LogP contribution is 2.41. The van der Waals surface area contributed by atoms with Crippen LogP contribution >= 0.6 is 22.6 Å². The normalized spacial score (nSPS) is 32.1. The van der Waals surface area contributed by atoms with Gasteiger partial charge in [0.25, 0.3) is 0 Å². The molecule has 0 N–H and O–H groups in total. The Labute approximate surface area is 114 Å². The number of alkyl halides is 2. The molecule has 1 rings (SSSR count). The summed E-state index contributed by atoms with van der Waals surface area (Å²) in [5.41, 5.74) is 0. The van der Waals surface area contributed by atoms with E-state index in [0.29, 0.717) is 12.3 Å². The second-order valence-corrected chi connectivity index (χ2v) is 12.1. The molecule has 1 aliphatic rings. The molecule has 4 heteroatoms. The summed E-state index contributed by atoms with van der Waals surface area (Å²) in [5, 5.41) is 0.176. The Balaban J connectivity index is 2.61. The molecule has 1 nitrogen and oxygen atoms in total. The molecule has 0 heterocycles. The molecular formula is C12H24FIOSi. The molecule has 0 aromatic heterocycles. The van der Waals surface area contributed by atoms with Crippen LogP contribution in [-0.2, 0) is 4.43 Å². The average molecular weight is 358 g/mol. The summed E-state index contributed by atoms with van der Waals surface area (Å²) in [6, 6.07) is 0. The molecular weight excluding hydrogens is 334 g/mol. The highest BCUT2D eigenvalue weighted by atomic mass is 127. The van der Waals surface area contributed by atoms with Crippen LogP contribution in [0.5, 0.6) is 0 Å². The van der Waals surface area contributed by atoms with E-state index in [4.69, 9.17) is 4.43 Å². The van der Waals surface area contributed by atoms with Gasteiger partial charge in [0.1, 0.15) is 6.17 Å². The Hall–Kier alpha value is 0.837. The molecule has 1 saturated carbocycles. The van der Waals surface area contributed by atoms with Crippen molar-refractivity contribution in [2.45, 2.75) is 64.0 Å². The fraction of sp³-hybridized carbons (Fsp3) is 1.00. The Bertz CT molecular complexity index is 240. The quantitative estimate of drug-likeness (QED) is 0.408. The zero-order valence-corrected chi connectivity index (χ0v) is 14.2. The molecule has 1 aliphatic carbocycles. The zero-order valence-electron chi connectivity index (χ0n) is 11.0. The predicted octanol–water partition coefficient (Wildman–Crippen LogP) is 4.56. The summed E-state index contributed by atoms with van der Waals surface area (Å²) in [6.45, 7) is 11.0. The van der Waals surface area contributed by atoms with Crippen LogP contribution in [0.1, 0.15) is 33.6 Å². The lowest BCUT2D eigenvalue weighted by molar-refractivity contribution is 0.111. The summed E-state index contributed by atoms with van der Waals surface area (Å²) in [4.78, 5) is 0. The van der Waals surface area contributed by atoms with E-state index in [9.17, 15) is 4.39 Å². The molecule has 0 spiro atoms. The smallest absolute Gasteiger partial charge is 0.192 e. The first-order valence-electron chi connectivity index (χ1n) is 6.05. The lowest BCUT2D eigenvalue weighted by Crippen LogP contribution is -2.45. The third-order valence-electron chi connectivity index (χ3n) is 4.00. The molecule has 0 aromatic rings. The maximum absolute atomic E-state index is 13.8. The van der Waals surface area contributed by atoms with Crippen molar-refractivity contribution in [1.29, 1.82) is 0 Å². The fourth-order valence-corrected chi connectivity index (χ4v) is 3.92. The summed E-state index contributed by atoms with van der Waals surface area (Å²) in [6.07, 6.45) is 0.730. The van der Waals surface area contributed by atoms with Gasteiger partial charge in [0.15, 0.2) is 8.32 Å². The first-order valence-corrected chi connectivity index (χ1v) is 10.5. The van der Waals surface area contributed by atoms with E-state index in [2.05, 4.69) is 56.5 Å². The van der Waals surface area contributed by atoms with Gasteiger partial charge in [0.2, 0.25) is 0 Å². The Morgan fingerprint density at radius 1 is 1.31 bits per heavy atom. The molecule has 16 heavy (non-hydrogen) atoms. The first kappa shape index (κ1) is 14.9. The second kappa shape index (κ2) is 5.22. The van der Waals surface area contributed by atoms with Gasteiger partial charge < -0.3 is 4.43 Å². The molecule has 0 saturated heterocycles. The van der Waals surface area contributed by atoms with E-state index in [1.54, 1.807) is 0 Å². The highest BCUT2D eigenvalue weighted by molar-refractivity contribution is 14.1. The summed E-state index contributed by atoms with van der Waals surface area (Å²) in [7, 11) is -1.80. The summed E-state index contributed by atoms with van der Waals surface area (Å²) < 4.78 is 21.1. The maximum atomic E-state index is 13.8. The minimum atomic E-state index is -1.80. The van der Waals surface area contributed by atoms with Crippen LogP contribution in [-0.4, -0.2) is 25.0 Å². The minimum Gasteiger partial charge on any atom is -0.411 e. The van der Waals surface area contributed by atoms with Gasteiger partial charge in [-0.05, 0) is 36.9 Å².